The third kappa shape index (κ3) is 7.11. The van der Waals surface area contributed by atoms with Crippen LogP contribution in [0.15, 0.2) is 52.2 Å². The molecule has 204 valence electrons. The molecular formula is C22H28BrClN3O9P. The molecule has 0 aliphatic carbocycles. The third-order valence-corrected chi connectivity index (χ3v) is 8.17. The van der Waals surface area contributed by atoms with Gasteiger partial charge in [-0.05, 0) is 39.8 Å². The van der Waals surface area contributed by atoms with Gasteiger partial charge in [0.2, 0.25) is 0 Å². The zero-order valence-corrected chi connectivity index (χ0v) is 23.7. The fourth-order valence-electron chi connectivity index (χ4n) is 3.34. The van der Waals surface area contributed by atoms with Crippen LogP contribution in [0.4, 0.5) is 0 Å². The van der Waals surface area contributed by atoms with E-state index in [1.807, 2.05) is 0 Å². The van der Waals surface area contributed by atoms with E-state index < -0.39 is 65.4 Å². The Morgan fingerprint density at radius 2 is 1.97 bits per heavy atom. The van der Waals surface area contributed by atoms with Crippen molar-refractivity contribution in [3.63, 3.8) is 0 Å². The molecule has 37 heavy (non-hydrogen) atoms. The molecule has 12 nitrogen and oxygen atoms in total. The largest absolute Gasteiger partial charge is 0.462 e. The SMILES string of the molecule is CC(C)OC(=O)C(C)(C)NP(=O)(OC[C@H]1O[C@@H](n2ccc(=O)[nH]c2=O)[C@](Cl)(Br)[C@@H]1O)Oc1ccccc1. The van der Waals surface area contributed by atoms with Crippen molar-refractivity contribution in [1.82, 2.24) is 14.6 Å². The number of para-hydroxylation sites is 1. The predicted octanol–water partition coefficient (Wildman–Crippen LogP) is 2.65. The Morgan fingerprint density at radius 1 is 1.32 bits per heavy atom. The van der Waals surface area contributed by atoms with Crippen molar-refractivity contribution >= 4 is 41.2 Å². The summed E-state index contributed by atoms with van der Waals surface area (Å²) in [4.78, 5) is 38.4. The van der Waals surface area contributed by atoms with Crippen LogP contribution in [0.25, 0.3) is 0 Å². The maximum absolute atomic E-state index is 13.8. The summed E-state index contributed by atoms with van der Waals surface area (Å²) in [5.41, 5.74) is -2.94. The van der Waals surface area contributed by atoms with Crippen molar-refractivity contribution in [3.8, 4) is 5.75 Å². The van der Waals surface area contributed by atoms with Crippen molar-refractivity contribution in [2.75, 3.05) is 6.61 Å². The van der Waals surface area contributed by atoms with E-state index in [0.29, 0.717) is 0 Å². The average Bonchev–Trinajstić information content (AvgIpc) is 3.01. The highest BCUT2D eigenvalue weighted by Crippen LogP contribution is 2.50. The Kier molecular flexibility index (Phi) is 9.11. The van der Waals surface area contributed by atoms with Crippen LogP contribution in [0.2, 0.25) is 0 Å². The average molecular weight is 625 g/mol. The predicted molar refractivity (Wildman–Crippen MR) is 138 cm³/mol. The topological polar surface area (TPSA) is 158 Å². The quantitative estimate of drug-likeness (QED) is 0.204. The lowest BCUT2D eigenvalue weighted by Crippen LogP contribution is -2.48. The first-order valence-corrected chi connectivity index (χ1v) is 13.9. The molecule has 2 aromatic rings. The van der Waals surface area contributed by atoms with Gasteiger partial charge in [-0.3, -0.25) is 23.7 Å². The second-order valence-corrected chi connectivity index (χ2v) is 13.1. The first-order valence-electron chi connectivity index (χ1n) is 11.2. The first kappa shape index (κ1) is 29.6. The summed E-state index contributed by atoms with van der Waals surface area (Å²) in [6.45, 7) is 5.72. The number of halogens is 2. The van der Waals surface area contributed by atoms with Gasteiger partial charge < -0.3 is 19.1 Å². The van der Waals surface area contributed by atoms with Crippen molar-refractivity contribution in [2.24, 2.45) is 0 Å². The minimum absolute atomic E-state index is 0.184. The summed E-state index contributed by atoms with van der Waals surface area (Å²) in [5.74, 6) is -0.512. The number of aromatic amines is 1. The van der Waals surface area contributed by atoms with Gasteiger partial charge in [-0.15, -0.1) is 0 Å². The molecule has 5 atom stereocenters. The molecule has 15 heteroatoms. The summed E-state index contributed by atoms with van der Waals surface area (Å²) < 4.78 is 35.3. The van der Waals surface area contributed by atoms with Crippen molar-refractivity contribution in [3.05, 3.63) is 63.4 Å². The highest BCUT2D eigenvalue weighted by Gasteiger charge is 2.56. The number of benzene rings is 1. The van der Waals surface area contributed by atoms with E-state index >= 15 is 0 Å². The molecule has 1 fully saturated rings. The molecule has 0 amide bonds. The number of hydrogen-bond acceptors (Lipinski definition) is 9. The fourth-order valence-corrected chi connectivity index (χ4v) is 5.94. The molecule has 0 saturated carbocycles. The number of H-pyrrole nitrogens is 1. The number of carbonyl (C=O) groups is 1. The van der Waals surface area contributed by atoms with Gasteiger partial charge >= 0.3 is 19.4 Å². The van der Waals surface area contributed by atoms with Crippen LogP contribution in [-0.2, 0) is 23.4 Å². The van der Waals surface area contributed by atoms with Crippen LogP contribution < -0.4 is 20.9 Å². The molecule has 1 aliphatic rings. The zero-order chi connectivity index (χ0) is 27.6. The summed E-state index contributed by atoms with van der Waals surface area (Å²) in [7, 11) is -4.30. The van der Waals surface area contributed by atoms with E-state index in [9.17, 15) is 24.1 Å². The second-order valence-electron chi connectivity index (χ2n) is 9.05. The van der Waals surface area contributed by atoms with Gasteiger partial charge in [0.05, 0.1) is 12.7 Å². The maximum atomic E-state index is 13.8. The molecule has 0 bridgehead atoms. The van der Waals surface area contributed by atoms with Crippen LogP contribution in [0.3, 0.4) is 0 Å². The lowest BCUT2D eigenvalue weighted by Gasteiger charge is -2.30. The van der Waals surface area contributed by atoms with E-state index in [0.717, 1.165) is 16.8 Å². The second kappa shape index (κ2) is 11.4. The van der Waals surface area contributed by atoms with Gasteiger partial charge in [0.1, 0.15) is 23.5 Å². The third-order valence-electron chi connectivity index (χ3n) is 5.13. The lowest BCUT2D eigenvalue weighted by atomic mass is 10.1. The van der Waals surface area contributed by atoms with Crippen LogP contribution in [0.5, 0.6) is 5.75 Å². The first-order chi connectivity index (χ1) is 17.1. The van der Waals surface area contributed by atoms with Gasteiger partial charge in [-0.25, -0.2) is 9.36 Å². The fraction of sp³-hybridized carbons (Fsp3) is 0.500. The number of rotatable bonds is 10. The Morgan fingerprint density at radius 3 is 2.57 bits per heavy atom. The number of aromatic nitrogens is 2. The van der Waals surface area contributed by atoms with E-state index in [4.69, 9.17) is 30.1 Å². The molecule has 1 unspecified atom stereocenters. The molecule has 1 aliphatic heterocycles. The molecule has 1 aromatic carbocycles. The zero-order valence-electron chi connectivity index (χ0n) is 20.4. The number of nitrogens with one attached hydrogen (secondary N) is 2. The van der Waals surface area contributed by atoms with E-state index in [2.05, 4.69) is 26.0 Å². The lowest BCUT2D eigenvalue weighted by molar-refractivity contribution is -0.153. The van der Waals surface area contributed by atoms with Crippen LogP contribution >= 0.6 is 35.3 Å². The van der Waals surface area contributed by atoms with Gasteiger partial charge in [-0.2, -0.15) is 5.09 Å². The highest BCUT2D eigenvalue weighted by atomic mass is 79.9. The molecule has 3 rings (SSSR count). The number of ether oxygens (including phenoxy) is 2. The molecule has 1 aromatic heterocycles. The number of alkyl halides is 2. The number of carbonyl (C=O) groups excluding carboxylic acids is 1. The summed E-state index contributed by atoms with van der Waals surface area (Å²) >= 11 is 9.63. The minimum atomic E-state index is -4.30. The molecule has 0 spiro atoms. The van der Waals surface area contributed by atoms with Gasteiger partial charge in [0.25, 0.3) is 5.56 Å². The van der Waals surface area contributed by atoms with E-state index in [1.54, 1.807) is 44.2 Å². The smallest absolute Gasteiger partial charge is 0.459 e. The number of nitrogens with zero attached hydrogens (tertiary/aromatic N) is 1. The number of hydrogen-bond donors (Lipinski definition) is 3. The Labute approximate surface area is 225 Å². The normalized spacial score (nSPS) is 25.6. The minimum Gasteiger partial charge on any atom is -0.462 e. The number of aliphatic hydroxyl groups is 1. The summed E-state index contributed by atoms with van der Waals surface area (Å²) in [6.07, 6.45) is -3.21. The standard InChI is InChI=1S/C22H28BrClN3O9P/c1-13(2)34-19(30)21(3,4)26-37(32,36-14-8-6-5-7-9-14)33-12-15-17(29)22(23,24)18(35-15)27-11-10-16(28)25-20(27)31/h5-11,13,15,17-18,29H,12H2,1-4H3,(H,26,32)(H,25,28,31)/t15-,17-,18-,22+,37?/m1/s1. The Bertz CT molecular complexity index is 1270. The highest BCUT2D eigenvalue weighted by molar-refractivity contribution is 9.10. The molecule has 2 heterocycles. The van der Waals surface area contributed by atoms with Gasteiger partial charge in [-0.1, -0.05) is 45.7 Å². The van der Waals surface area contributed by atoms with Crippen LogP contribution in [0.1, 0.15) is 33.9 Å². The van der Waals surface area contributed by atoms with Crippen LogP contribution in [0, 0.1) is 0 Å². The molecule has 1 saturated heterocycles. The monoisotopic (exact) mass is 623 g/mol. The maximum Gasteiger partial charge on any atom is 0.459 e. The van der Waals surface area contributed by atoms with Crippen molar-refractivity contribution in [1.29, 1.82) is 0 Å². The van der Waals surface area contributed by atoms with E-state index in [-0.39, 0.29) is 5.75 Å². The van der Waals surface area contributed by atoms with E-state index in [1.165, 1.54) is 13.8 Å². The molecule has 3 N–H and O–H groups in total. The summed E-state index contributed by atoms with van der Waals surface area (Å²) in [5, 5.41) is 13.4. The molecular weight excluding hydrogens is 597 g/mol. The molecule has 0 radical (unpaired) electrons. The number of esters is 1. The van der Waals surface area contributed by atoms with Gasteiger partial charge in [0.15, 0.2) is 10.0 Å². The van der Waals surface area contributed by atoms with Gasteiger partial charge in [0, 0.05) is 12.3 Å². The van der Waals surface area contributed by atoms with Crippen LogP contribution in [-0.4, -0.2) is 54.9 Å². The Hall–Kier alpha value is -1.99. The Balaban J connectivity index is 1.84. The van der Waals surface area contributed by atoms with Crippen molar-refractivity contribution in [2.45, 2.75) is 61.6 Å². The summed E-state index contributed by atoms with van der Waals surface area (Å²) in [6, 6.07) is 9.21. The van der Waals surface area contributed by atoms with Crippen molar-refractivity contribution < 1.29 is 33.0 Å². The number of aliphatic hydroxyl groups excluding tert-OH is 1.